The molecule has 2 atom stereocenters. The highest BCUT2D eigenvalue weighted by atomic mass is 16.7. The Bertz CT molecular complexity index is 953. The van der Waals surface area contributed by atoms with Crippen LogP contribution in [-0.4, -0.2) is 186 Å². The Morgan fingerprint density at radius 2 is 0.810 bits per heavy atom. The van der Waals surface area contributed by atoms with Crippen molar-refractivity contribution in [1.29, 1.82) is 0 Å². The van der Waals surface area contributed by atoms with Crippen molar-refractivity contribution in [2.24, 2.45) is 0 Å². The maximum atomic E-state index is 11.4. The van der Waals surface area contributed by atoms with Gasteiger partial charge in [-0.3, -0.25) is 29.0 Å². The average molecular weight is 841 g/mol. The van der Waals surface area contributed by atoms with E-state index in [1.807, 2.05) is 0 Å². The minimum Gasteiger partial charge on any atom is -0.397 e. The van der Waals surface area contributed by atoms with Gasteiger partial charge in [0.25, 0.3) is 11.8 Å². The van der Waals surface area contributed by atoms with E-state index in [1.54, 1.807) is 42.3 Å². The molecule has 4 amide bonds. The lowest BCUT2D eigenvalue weighted by molar-refractivity contribution is -0.140. The molecular weight excluding hydrogens is 764 g/mol. The van der Waals surface area contributed by atoms with Crippen molar-refractivity contribution in [3.05, 3.63) is 12.2 Å². The minimum absolute atomic E-state index is 0.117. The van der Waals surface area contributed by atoms with Gasteiger partial charge in [-0.25, -0.2) is 0 Å². The van der Waals surface area contributed by atoms with Crippen LogP contribution in [0.15, 0.2) is 12.2 Å². The first-order chi connectivity index (χ1) is 28.0. The Kier molecular flexibility index (Phi) is 41.0. The van der Waals surface area contributed by atoms with Gasteiger partial charge in [0.15, 0.2) is 12.6 Å². The number of ether oxygens (including phenoxy) is 8. The van der Waals surface area contributed by atoms with Crippen LogP contribution >= 0.6 is 0 Å². The summed E-state index contributed by atoms with van der Waals surface area (Å²) >= 11 is 0. The minimum atomic E-state index is -0.339. The van der Waals surface area contributed by atoms with E-state index in [2.05, 4.69) is 0 Å². The van der Waals surface area contributed by atoms with Gasteiger partial charge in [0.1, 0.15) is 0 Å². The fourth-order valence-electron chi connectivity index (χ4n) is 5.31. The predicted molar refractivity (Wildman–Crippen MR) is 214 cm³/mol. The Balaban J connectivity index is 0. The zero-order chi connectivity index (χ0) is 43.8. The quantitative estimate of drug-likeness (QED) is 0.0431. The molecular formula is C40H76N2O16. The van der Waals surface area contributed by atoms with Gasteiger partial charge in [0.05, 0.1) is 64.9 Å². The molecule has 0 aromatic heterocycles. The zero-order valence-electron chi connectivity index (χ0n) is 36.0. The molecule has 0 saturated carbocycles. The number of likely N-dealkylation sites (tertiary alicyclic amines) is 1. The van der Waals surface area contributed by atoms with Crippen molar-refractivity contribution >= 4 is 23.6 Å². The van der Waals surface area contributed by atoms with Gasteiger partial charge in [-0.05, 0) is 78.1 Å². The predicted octanol–water partition coefficient (Wildman–Crippen LogP) is 1.97. The molecule has 0 aliphatic carbocycles. The van der Waals surface area contributed by atoms with Crippen LogP contribution in [0.3, 0.4) is 0 Å². The van der Waals surface area contributed by atoms with E-state index in [9.17, 15) is 29.4 Å². The third-order valence-corrected chi connectivity index (χ3v) is 8.38. The molecule has 2 rings (SSSR count). The van der Waals surface area contributed by atoms with Crippen LogP contribution in [0.1, 0.15) is 90.9 Å². The highest BCUT2D eigenvalue weighted by Crippen LogP contribution is 2.13. The summed E-state index contributed by atoms with van der Waals surface area (Å²) in [5.41, 5.74) is 0. The smallest absolute Gasteiger partial charge is 0.253 e. The lowest BCUT2D eigenvalue weighted by Gasteiger charge is -2.15. The SMILES string of the molecule is CCO.CCO.COC(CCCC(O)CCCOCCOCCN1C(=O)C=CC1=O)OC.COC(CCCC(O)CCCOCCOCCN1C(=O)CCC1=O)OC. The van der Waals surface area contributed by atoms with Crippen LogP contribution in [0, 0.1) is 0 Å². The van der Waals surface area contributed by atoms with Gasteiger partial charge in [-0.15, -0.1) is 0 Å². The summed E-state index contributed by atoms with van der Waals surface area (Å²) in [6, 6.07) is 0. The van der Waals surface area contributed by atoms with Gasteiger partial charge < -0.3 is 58.3 Å². The molecule has 4 N–H and O–H groups in total. The summed E-state index contributed by atoms with van der Waals surface area (Å²) in [5, 5.41) is 34.9. The summed E-state index contributed by atoms with van der Waals surface area (Å²) in [7, 11) is 6.43. The number of hydrogen-bond donors (Lipinski definition) is 4. The number of carbonyl (C=O) groups excluding carboxylic acids is 4. The zero-order valence-corrected chi connectivity index (χ0v) is 36.0. The van der Waals surface area contributed by atoms with Gasteiger partial charge in [0.2, 0.25) is 11.8 Å². The van der Waals surface area contributed by atoms with Gasteiger partial charge in [0, 0.05) is 79.9 Å². The molecule has 2 heterocycles. The summed E-state index contributed by atoms with van der Waals surface area (Å²) in [6.45, 7) is 7.93. The maximum Gasteiger partial charge on any atom is 0.253 e. The van der Waals surface area contributed by atoms with Crippen LogP contribution in [0.5, 0.6) is 0 Å². The van der Waals surface area contributed by atoms with Crippen molar-refractivity contribution in [2.45, 2.75) is 116 Å². The molecule has 0 radical (unpaired) electrons. The van der Waals surface area contributed by atoms with E-state index in [-0.39, 0.29) is 68.2 Å². The van der Waals surface area contributed by atoms with Crippen LogP contribution in [0.25, 0.3) is 0 Å². The second kappa shape index (κ2) is 41.3. The first kappa shape index (κ1) is 57.6. The number of methoxy groups -OCH3 is 4. The number of aliphatic hydroxyl groups excluding tert-OH is 4. The molecule has 0 aromatic rings. The first-order valence-corrected chi connectivity index (χ1v) is 20.4. The van der Waals surface area contributed by atoms with Crippen molar-refractivity contribution in [3.63, 3.8) is 0 Å². The molecule has 2 aliphatic heterocycles. The van der Waals surface area contributed by atoms with Crippen LogP contribution in [0.2, 0.25) is 0 Å². The molecule has 58 heavy (non-hydrogen) atoms. The van der Waals surface area contributed by atoms with E-state index < -0.39 is 0 Å². The molecule has 1 saturated heterocycles. The monoisotopic (exact) mass is 841 g/mol. The number of aliphatic hydroxyl groups is 4. The summed E-state index contributed by atoms with van der Waals surface area (Å²) in [6.07, 6.45) is 9.69. The lowest BCUT2D eigenvalue weighted by atomic mass is 10.1. The molecule has 1 fully saturated rings. The Hall–Kier alpha value is -2.46. The van der Waals surface area contributed by atoms with E-state index in [0.717, 1.165) is 56.3 Å². The molecule has 2 aliphatic rings. The number of rotatable bonds is 32. The molecule has 18 heteroatoms. The summed E-state index contributed by atoms with van der Waals surface area (Å²) in [5.74, 6) is -0.830. The van der Waals surface area contributed by atoms with E-state index in [4.69, 9.17) is 48.1 Å². The van der Waals surface area contributed by atoms with Crippen molar-refractivity contribution < 1.29 is 77.5 Å². The highest BCUT2D eigenvalue weighted by Gasteiger charge is 2.28. The summed E-state index contributed by atoms with van der Waals surface area (Å²) < 4.78 is 42.0. The van der Waals surface area contributed by atoms with Crippen LogP contribution < -0.4 is 0 Å². The molecule has 0 aromatic carbocycles. The van der Waals surface area contributed by atoms with E-state index >= 15 is 0 Å². The summed E-state index contributed by atoms with van der Waals surface area (Å²) in [4.78, 5) is 47.8. The molecule has 2 unspecified atom stereocenters. The topological polar surface area (TPSA) is 230 Å². The third-order valence-electron chi connectivity index (χ3n) is 8.38. The molecule has 0 spiro atoms. The number of imide groups is 2. The Morgan fingerprint density at radius 3 is 1.16 bits per heavy atom. The molecule has 18 nitrogen and oxygen atoms in total. The van der Waals surface area contributed by atoms with Crippen molar-refractivity contribution in [2.75, 3.05) is 108 Å². The van der Waals surface area contributed by atoms with Crippen molar-refractivity contribution in [1.82, 2.24) is 9.80 Å². The van der Waals surface area contributed by atoms with Gasteiger partial charge in [-0.2, -0.15) is 0 Å². The number of nitrogens with zero attached hydrogens (tertiary/aromatic N) is 2. The van der Waals surface area contributed by atoms with E-state index in [0.29, 0.717) is 85.1 Å². The average Bonchev–Trinajstić information content (AvgIpc) is 3.71. The number of hydrogen-bond acceptors (Lipinski definition) is 16. The normalized spacial score (nSPS) is 14.8. The fraction of sp³-hybridized carbons (Fsp3) is 0.850. The molecule has 342 valence electrons. The second-order valence-corrected chi connectivity index (χ2v) is 12.9. The highest BCUT2D eigenvalue weighted by molar-refractivity contribution is 6.12. The fourth-order valence-corrected chi connectivity index (χ4v) is 5.31. The Morgan fingerprint density at radius 1 is 0.500 bits per heavy atom. The third kappa shape index (κ3) is 32.4. The number of amides is 4. The van der Waals surface area contributed by atoms with Crippen LogP contribution in [0.4, 0.5) is 0 Å². The lowest BCUT2D eigenvalue weighted by Crippen LogP contribution is -2.33. The largest absolute Gasteiger partial charge is 0.397 e. The number of carbonyl (C=O) groups is 4. The first-order valence-electron chi connectivity index (χ1n) is 20.4. The van der Waals surface area contributed by atoms with Gasteiger partial charge in [-0.1, -0.05) is 0 Å². The van der Waals surface area contributed by atoms with Crippen molar-refractivity contribution in [3.8, 4) is 0 Å². The van der Waals surface area contributed by atoms with E-state index in [1.165, 1.54) is 17.1 Å². The maximum absolute atomic E-state index is 11.4. The Labute approximate surface area is 346 Å². The van der Waals surface area contributed by atoms with Crippen LogP contribution in [-0.2, 0) is 57.1 Å². The standard InChI is InChI=1S/C18H33NO7.C18H31NO7.2C2H6O/c2*1-23-18(24-2)7-3-5-15(20)6-4-11-25-13-14-26-12-10-19-16(21)8-9-17(19)22;2*1-2-3/h15,18,20H,3-14H2,1-2H3;8-9,15,18,20H,3-7,10-14H2,1-2H3;2*3H,2H2,1H3. The van der Waals surface area contributed by atoms with Gasteiger partial charge >= 0.3 is 0 Å². The second-order valence-electron chi connectivity index (χ2n) is 12.9. The molecule has 0 bridgehead atoms.